The third-order valence-electron chi connectivity index (χ3n) is 7.95. The lowest BCUT2D eigenvalue weighted by molar-refractivity contribution is 0.0592. The number of hydrogen-bond donors (Lipinski definition) is 1. The number of hydrogen-bond acceptors (Lipinski definition) is 13. The summed E-state index contributed by atoms with van der Waals surface area (Å²) in [6, 6.07) is 23.4. The number of thiophene rings is 2. The van der Waals surface area contributed by atoms with Crippen molar-refractivity contribution in [2.45, 2.75) is 6.42 Å². The van der Waals surface area contributed by atoms with E-state index in [0.29, 0.717) is 49.0 Å². The number of carbonyl (C=O) groups is 2. The van der Waals surface area contributed by atoms with E-state index < -0.39 is 0 Å². The van der Waals surface area contributed by atoms with Gasteiger partial charge < -0.3 is 24.3 Å². The van der Waals surface area contributed by atoms with Gasteiger partial charge in [0.15, 0.2) is 23.1 Å². The second kappa shape index (κ2) is 15.9. The number of esters is 2. The van der Waals surface area contributed by atoms with Gasteiger partial charge in [0.1, 0.15) is 20.6 Å². The minimum Gasteiger partial charge on any atom is -0.465 e. The highest BCUT2D eigenvalue weighted by Crippen LogP contribution is 2.36. The summed E-state index contributed by atoms with van der Waals surface area (Å²) >= 11 is 21.1. The van der Waals surface area contributed by atoms with Crippen molar-refractivity contribution in [2.24, 2.45) is 0 Å². The van der Waals surface area contributed by atoms with Gasteiger partial charge in [0, 0.05) is 17.7 Å². The molecule has 1 aliphatic rings. The minimum absolute atomic E-state index is 0.262. The maximum Gasteiger partial charge on any atom is 0.337 e. The molecule has 0 radical (unpaired) electrons. The summed E-state index contributed by atoms with van der Waals surface area (Å²) in [5.41, 5.74) is 3.62. The van der Waals surface area contributed by atoms with Gasteiger partial charge in [-0.05, 0) is 60.5 Å². The van der Waals surface area contributed by atoms with Crippen LogP contribution in [-0.2, 0) is 15.9 Å². The lowest BCUT2D eigenvalue weighted by Gasteiger charge is -2.10. The lowest BCUT2D eigenvalue weighted by Crippen LogP contribution is -2.08. The predicted octanol–water partition coefficient (Wildman–Crippen LogP) is 9.63. The Balaban J connectivity index is 0.000000179. The Hall–Kier alpha value is -5.05. The van der Waals surface area contributed by atoms with Crippen LogP contribution >= 0.6 is 57.5 Å². The summed E-state index contributed by atoms with van der Waals surface area (Å²) in [5.74, 6) is 2.53. The molecule has 0 aliphatic carbocycles. The molecular formula is C37H26Cl3N5O6S2. The van der Waals surface area contributed by atoms with Crippen molar-refractivity contribution in [3.63, 3.8) is 0 Å². The van der Waals surface area contributed by atoms with E-state index in [1.54, 1.807) is 54.6 Å². The summed E-state index contributed by atoms with van der Waals surface area (Å²) in [4.78, 5) is 42.7. The number of halogens is 3. The molecule has 0 fully saturated rings. The van der Waals surface area contributed by atoms with Gasteiger partial charge in [-0.15, -0.1) is 22.7 Å². The minimum atomic E-state index is -0.388. The second-order valence-electron chi connectivity index (χ2n) is 11.3. The van der Waals surface area contributed by atoms with Crippen molar-refractivity contribution in [1.29, 1.82) is 0 Å². The number of nitrogens with zero attached hydrogens (tertiary/aromatic N) is 4. The third kappa shape index (κ3) is 8.14. The van der Waals surface area contributed by atoms with Crippen LogP contribution in [0.3, 0.4) is 0 Å². The Labute approximate surface area is 325 Å². The summed E-state index contributed by atoms with van der Waals surface area (Å²) in [6.45, 7) is 0.929. The normalized spacial score (nSPS) is 11.6. The summed E-state index contributed by atoms with van der Waals surface area (Å²) in [6.07, 6.45) is 0.781. The zero-order valence-electron chi connectivity index (χ0n) is 27.8. The van der Waals surface area contributed by atoms with Crippen molar-refractivity contribution in [1.82, 2.24) is 19.9 Å². The summed E-state index contributed by atoms with van der Waals surface area (Å²) in [7, 11) is 2.70. The fraction of sp³-hybridized carbons (Fsp3) is 0.135. The van der Waals surface area contributed by atoms with Crippen molar-refractivity contribution < 1.29 is 28.5 Å². The highest BCUT2D eigenvalue weighted by molar-refractivity contribution is 7.22. The van der Waals surface area contributed by atoms with E-state index in [9.17, 15) is 9.59 Å². The molecule has 8 rings (SSSR count). The van der Waals surface area contributed by atoms with Gasteiger partial charge in [0.25, 0.3) is 0 Å². The number of fused-ring (bicyclic) bond motifs is 3. The molecule has 0 saturated heterocycles. The number of carbonyl (C=O) groups excluding carboxylic acids is 2. The first-order valence-corrected chi connectivity index (χ1v) is 18.6. The molecule has 0 unspecified atom stereocenters. The molecule has 16 heteroatoms. The zero-order valence-corrected chi connectivity index (χ0v) is 31.7. The van der Waals surface area contributed by atoms with Crippen LogP contribution in [-0.4, -0.2) is 59.4 Å². The van der Waals surface area contributed by atoms with Crippen molar-refractivity contribution in [2.75, 3.05) is 32.9 Å². The monoisotopic (exact) mass is 805 g/mol. The molecule has 4 aromatic heterocycles. The molecule has 11 nitrogen and oxygen atoms in total. The van der Waals surface area contributed by atoms with E-state index in [1.165, 1.54) is 36.9 Å². The van der Waals surface area contributed by atoms with Gasteiger partial charge in [-0.3, -0.25) is 0 Å². The van der Waals surface area contributed by atoms with E-state index in [1.807, 2.05) is 24.3 Å². The van der Waals surface area contributed by atoms with E-state index in [0.717, 1.165) is 55.0 Å². The van der Waals surface area contributed by atoms with Gasteiger partial charge in [-0.1, -0.05) is 65.1 Å². The number of anilines is 1. The first kappa shape index (κ1) is 36.3. The first-order chi connectivity index (χ1) is 25.7. The molecule has 0 saturated carbocycles. The fourth-order valence-corrected chi connectivity index (χ4v) is 7.77. The second-order valence-corrected chi connectivity index (χ2v) is 15.0. The maximum atomic E-state index is 11.7. The average Bonchev–Trinajstić information content (AvgIpc) is 3.91. The van der Waals surface area contributed by atoms with Crippen LogP contribution in [0.5, 0.6) is 11.5 Å². The molecule has 53 heavy (non-hydrogen) atoms. The van der Waals surface area contributed by atoms with E-state index >= 15 is 0 Å². The molecular weight excluding hydrogens is 781 g/mol. The number of methoxy groups -OCH3 is 2. The third-order valence-corrected chi connectivity index (χ3v) is 10.6. The number of nitrogens with one attached hydrogen (secondary N) is 1. The molecule has 3 aromatic carbocycles. The SMILES string of the molecule is COC(=O)c1ccc(-c2nc(Cl)c3cc(Cl)sc3n2)cc1.COC(=O)c1ccc(-c2nc(NCCc3ccc4c(c3)OCO4)c3cc(Cl)sc3n2)cc1. The Morgan fingerprint density at radius 3 is 1.85 bits per heavy atom. The van der Waals surface area contributed by atoms with Gasteiger partial charge in [-0.25, -0.2) is 29.5 Å². The lowest BCUT2D eigenvalue weighted by atomic mass is 10.1. The van der Waals surface area contributed by atoms with Crippen LogP contribution in [0.15, 0.2) is 78.9 Å². The molecule has 7 aromatic rings. The van der Waals surface area contributed by atoms with E-state index in [2.05, 4.69) is 25.0 Å². The van der Waals surface area contributed by atoms with Crippen LogP contribution in [0, 0.1) is 0 Å². The highest BCUT2D eigenvalue weighted by atomic mass is 35.5. The molecule has 0 spiro atoms. The number of rotatable bonds is 8. The van der Waals surface area contributed by atoms with Crippen LogP contribution in [0.4, 0.5) is 5.82 Å². The molecule has 0 atom stereocenters. The van der Waals surface area contributed by atoms with E-state index in [4.69, 9.17) is 54.0 Å². The van der Waals surface area contributed by atoms with Crippen LogP contribution < -0.4 is 14.8 Å². The average molecular weight is 807 g/mol. The largest absolute Gasteiger partial charge is 0.465 e. The topological polar surface area (TPSA) is 135 Å². The fourth-order valence-electron chi connectivity index (χ4n) is 5.31. The number of ether oxygens (including phenoxy) is 4. The molecule has 1 aliphatic heterocycles. The quantitative estimate of drug-likeness (QED) is 0.116. The summed E-state index contributed by atoms with van der Waals surface area (Å²) in [5, 5.41) is 5.39. The van der Waals surface area contributed by atoms with Gasteiger partial charge in [0.2, 0.25) is 6.79 Å². The van der Waals surface area contributed by atoms with Crippen LogP contribution in [0.25, 0.3) is 43.2 Å². The van der Waals surface area contributed by atoms with Crippen molar-refractivity contribution in [3.8, 4) is 34.3 Å². The smallest absolute Gasteiger partial charge is 0.337 e. The van der Waals surface area contributed by atoms with Crippen molar-refractivity contribution >= 4 is 95.7 Å². The Morgan fingerprint density at radius 1 is 0.698 bits per heavy atom. The number of aromatic nitrogens is 4. The molecule has 1 N–H and O–H groups in total. The van der Waals surface area contributed by atoms with Crippen LogP contribution in [0.2, 0.25) is 13.8 Å². The van der Waals surface area contributed by atoms with Gasteiger partial charge in [-0.2, -0.15) is 0 Å². The highest BCUT2D eigenvalue weighted by Gasteiger charge is 2.16. The Kier molecular flexibility index (Phi) is 10.9. The number of benzene rings is 3. The summed E-state index contributed by atoms with van der Waals surface area (Å²) < 4.78 is 21.5. The Bertz CT molecular complexity index is 2480. The zero-order chi connectivity index (χ0) is 37.1. The Morgan fingerprint density at radius 2 is 1.25 bits per heavy atom. The van der Waals surface area contributed by atoms with Crippen molar-refractivity contribution in [3.05, 3.63) is 109 Å². The molecule has 0 amide bonds. The first-order valence-electron chi connectivity index (χ1n) is 15.8. The predicted molar refractivity (Wildman–Crippen MR) is 208 cm³/mol. The van der Waals surface area contributed by atoms with Gasteiger partial charge >= 0.3 is 11.9 Å². The molecule has 0 bridgehead atoms. The molecule has 5 heterocycles. The van der Waals surface area contributed by atoms with Crippen LogP contribution in [0.1, 0.15) is 26.3 Å². The molecule has 268 valence electrons. The maximum absolute atomic E-state index is 11.7. The van der Waals surface area contributed by atoms with E-state index in [-0.39, 0.29) is 18.7 Å². The van der Waals surface area contributed by atoms with Gasteiger partial charge in [0.05, 0.1) is 44.8 Å². The standard InChI is InChI=1S/C23H18ClN3O4S.C14H8Cl2N2O2S/c1-29-23(28)15-5-3-14(4-6-15)20-26-21(16-11-19(24)32-22(16)27-20)25-9-8-13-2-7-17-18(10-13)31-12-30-17;1-20-14(19)8-4-2-7(3-5-8)12-17-11(16)9-6-10(15)21-13(9)18-12/h2-7,10-11H,8-9,12H2,1H3,(H,25,26,27);2-6H,1H3.